The van der Waals surface area contributed by atoms with E-state index >= 15 is 0 Å². The summed E-state index contributed by atoms with van der Waals surface area (Å²) >= 11 is 4.88. The van der Waals surface area contributed by atoms with Crippen LogP contribution in [0.4, 0.5) is 5.69 Å². The summed E-state index contributed by atoms with van der Waals surface area (Å²) in [5.41, 5.74) is 7.51. The van der Waals surface area contributed by atoms with Gasteiger partial charge in [-0.25, -0.2) is 0 Å². The number of anilines is 1. The fourth-order valence-corrected chi connectivity index (χ4v) is 1.31. The van der Waals surface area contributed by atoms with Gasteiger partial charge >= 0.3 is 0 Å². The van der Waals surface area contributed by atoms with Gasteiger partial charge in [-0.15, -0.1) is 0 Å². The van der Waals surface area contributed by atoms with Crippen LogP contribution < -0.4 is 11.1 Å². The van der Waals surface area contributed by atoms with Crippen molar-refractivity contribution in [1.82, 2.24) is 4.90 Å². The van der Waals surface area contributed by atoms with Gasteiger partial charge in [-0.1, -0.05) is 12.2 Å². The van der Waals surface area contributed by atoms with Crippen LogP contribution in [0.5, 0.6) is 0 Å². The van der Waals surface area contributed by atoms with Crippen molar-refractivity contribution >= 4 is 22.9 Å². The third-order valence-electron chi connectivity index (χ3n) is 2.06. The molecule has 0 aliphatic heterocycles. The highest BCUT2D eigenvalue weighted by Crippen LogP contribution is 2.08. The highest BCUT2D eigenvalue weighted by atomic mass is 32.1. The molecule has 1 rings (SSSR count). The Hall–Kier alpha value is -1.13. The lowest BCUT2D eigenvalue weighted by Crippen LogP contribution is -2.20. The molecule has 0 radical (unpaired) electrons. The minimum absolute atomic E-state index is 0.440. The normalized spacial score (nSPS) is 10.3. The number of nitrogens with one attached hydrogen (secondary N) is 1. The molecule has 0 amide bonds. The minimum Gasteiger partial charge on any atom is -0.389 e. The van der Waals surface area contributed by atoms with E-state index in [-0.39, 0.29) is 0 Å². The van der Waals surface area contributed by atoms with E-state index in [1.165, 1.54) is 0 Å². The largest absolute Gasteiger partial charge is 0.389 e. The lowest BCUT2D eigenvalue weighted by atomic mass is 10.2. The fraction of sp³-hybridized carbons (Fsp3) is 0.364. The summed E-state index contributed by atoms with van der Waals surface area (Å²) < 4.78 is 0. The van der Waals surface area contributed by atoms with Crippen LogP contribution in [-0.2, 0) is 0 Å². The zero-order valence-corrected chi connectivity index (χ0v) is 9.97. The van der Waals surface area contributed by atoms with Crippen molar-refractivity contribution in [2.45, 2.75) is 0 Å². The summed E-state index contributed by atoms with van der Waals surface area (Å²) in [7, 11) is 4.11. The molecule has 3 N–H and O–H groups in total. The molecular weight excluding hydrogens is 206 g/mol. The molecule has 82 valence electrons. The van der Waals surface area contributed by atoms with Crippen LogP contribution in [0.1, 0.15) is 5.56 Å². The standard InChI is InChI=1S/C11H17N3S/c1-14(2)8-7-13-10-5-3-9(4-6-10)11(12)15/h3-6,13H,7-8H2,1-2H3,(H2,12,15). The van der Waals surface area contributed by atoms with E-state index in [0.717, 1.165) is 24.3 Å². The second-order valence-corrected chi connectivity index (χ2v) is 4.11. The molecule has 0 saturated heterocycles. The Morgan fingerprint density at radius 3 is 2.40 bits per heavy atom. The van der Waals surface area contributed by atoms with Gasteiger partial charge in [0.15, 0.2) is 0 Å². The average Bonchev–Trinajstić information content (AvgIpc) is 2.18. The van der Waals surface area contributed by atoms with Crippen LogP contribution in [0.3, 0.4) is 0 Å². The first-order chi connectivity index (χ1) is 7.09. The third kappa shape index (κ3) is 4.27. The Labute approximate surface area is 96.3 Å². The van der Waals surface area contributed by atoms with Crippen LogP contribution in [0.25, 0.3) is 0 Å². The summed E-state index contributed by atoms with van der Waals surface area (Å²) in [5.74, 6) is 0. The lowest BCUT2D eigenvalue weighted by Gasteiger charge is -2.11. The first-order valence-electron chi connectivity index (χ1n) is 4.88. The van der Waals surface area contributed by atoms with Gasteiger partial charge in [0.05, 0.1) is 0 Å². The summed E-state index contributed by atoms with van der Waals surface area (Å²) in [5, 5.41) is 3.32. The van der Waals surface area contributed by atoms with Gasteiger partial charge in [0.1, 0.15) is 4.99 Å². The van der Waals surface area contributed by atoms with Crippen molar-refractivity contribution in [2.75, 3.05) is 32.5 Å². The lowest BCUT2D eigenvalue weighted by molar-refractivity contribution is 0.425. The topological polar surface area (TPSA) is 41.3 Å². The molecule has 0 unspecified atom stereocenters. The Kier molecular flexibility index (Phi) is 4.52. The van der Waals surface area contributed by atoms with Gasteiger partial charge in [0.25, 0.3) is 0 Å². The predicted molar refractivity (Wildman–Crippen MR) is 69.4 cm³/mol. The molecule has 0 heterocycles. The van der Waals surface area contributed by atoms with Crippen LogP contribution in [0.15, 0.2) is 24.3 Å². The van der Waals surface area contributed by atoms with Crippen molar-refractivity contribution in [3.63, 3.8) is 0 Å². The van der Waals surface area contributed by atoms with Crippen molar-refractivity contribution in [2.24, 2.45) is 5.73 Å². The highest BCUT2D eigenvalue weighted by molar-refractivity contribution is 7.80. The summed E-state index contributed by atoms with van der Waals surface area (Å²) in [6, 6.07) is 7.84. The fourth-order valence-electron chi connectivity index (χ4n) is 1.18. The number of rotatable bonds is 5. The molecule has 0 aliphatic carbocycles. The Balaban J connectivity index is 2.46. The molecule has 3 nitrogen and oxygen atoms in total. The zero-order valence-electron chi connectivity index (χ0n) is 9.16. The van der Waals surface area contributed by atoms with Crippen molar-refractivity contribution in [1.29, 1.82) is 0 Å². The van der Waals surface area contributed by atoms with E-state index in [1.54, 1.807) is 0 Å². The number of nitrogens with zero attached hydrogens (tertiary/aromatic N) is 1. The summed E-state index contributed by atoms with van der Waals surface area (Å²) in [6.45, 7) is 1.94. The minimum atomic E-state index is 0.440. The maximum Gasteiger partial charge on any atom is 0.103 e. The summed E-state index contributed by atoms with van der Waals surface area (Å²) in [6.07, 6.45) is 0. The number of likely N-dealkylation sites (N-methyl/N-ethyl adjacent to an activating group) is 1. The van der Waals surface area contributed by atoms with Gasteiger partial charge in [-0.3, -0.25) is 0 Å². The SMILES string of the molecule is CN(C)CCNc1ccc(C(N)=S)cc1. The molecule has 0 saturated carbocycles. The van der Waals surface area contributed by atoms with Crippen molar-refractivity contribution in [3.8, 4) is 0 Å². The van der Waals surface area contributed by atoms with Crippen molar-refractivity contribution < 1.29 is 0 Å². The molecule has 15 heavy (non-hydrogen) atoms. The van der Waals surface area contributed by atoms with E-state index in [0.29, 0.717) is 4.99 Å². The number of benzene rings is 1. The number of nitrogens with two attached hydrogens (primary N) is 1. The Morgan fingerprint density at radius 1 is 1.33 bits per heavy atom. The maximum absolute atomic E-state index is 5.51. The number of hydrogen-bond donors (Lipinski definition) is 2. The van der Waals surface area contributed by atoms with Crippen LogP contribution >= 0.6 is 12.2 Å². The van der Waals surface area contributed by atoms with Crippen molar-refractivity contribution in [3.05, 3.63) is 29.8 Å². The highest BCUT2D eigenvalue weighted by Gasteiger charge is 1.96. The molecule has 1 aromatic carbocycles. The van der Waals surface area contributed by atoms with Crippen LogP contribution in [0, 0.1) is 0 Å². The maximum atomic E-state index is 5.51. The van der Waals surface area contributed by atoms with Gasteiger partial charge < -0.3 is 16.0 Å². The molecule has 4 heteroatoms. The van der Waals surface area contributed by atoms with E-state index < -0.39 is 0 Å². The predicted octanol–water partition coefficient (Wildman–Crippen LogP) is 1.29. The van der Waals surface area contributed by atoms with E-state index in [2.05, 4.69) is 24.3 Å². The molecule has 0 spiro atoms. The van der Waals surface area contributed by atoms with E-state index in [4.69, 9.17) is 18.0 Å². The molecule has 0 fully saturated rings. The monoisotopic (exact) mass is 223 g/mol. The zero-order chi connectivity index (χ0) is 11.3. The first-order valence-corrected chi connectivity index (χ1v) is 5.29. The van der Waals surface area contributed by atoms with Gasteiger partial charge in [0.2, 0.25) is 0 Å². The Bertz CT molecular complexity index is 319. The number of hydrogen-bond acceptors (Lipinski definition) is 3. The second-order valence-electron chi connectivity index (χ2n) is 3.67. The van der Waals surface area contributed by atoms with Gasteiger partial charge in [-0.05, 0) is 38.4 Å². The third-order valence-corrected chi connectivity index (χ3v) is 2.29. The van der Waals surface area contributed by atoms with Gasteiger partial charge in [0, 0.05) is 24.3 Å². The number of thiocarbonyl (C=S) groups is 1. The molecule has 1 aromatic rings. The average molecular weight is 223 g/mol. The molecule has 0 aliphatic rings. The molecule has 0 atom stereocenters. The second kappa shape index (κ2) is 5.68. The molecule has 0 aromatic heterocycles. The van der Waals surface area contributed by atoms with Crippen LogP contribution in [0.2, 0.25) is 0 Å². The quantitative estimate of drug-likeness (QED) is 0.738. The van der Waals surface area contributed by atoms with E-state index in [1.807, 2.05) is 24.3 Å². The molecular formula is C11H17N3S. The molecule has 0 bridgehead atoms. The van der Waals surface area contributed by atoms with Gasteiger partial charge in [-0.2, -0.15) is 0 Å². The first kappa shape index (κ1) is 11.9. The van der Waals surface area contributed by atoms with E-state index in [9.17, 15) is 0 Å². The smallest absolute Gasteiger partial charge is 0.103 e. The summed E-state index contributed by atoms with van der Waals surface area (Å²) in [4.78, 5) is 2.57. The Morgan fingerprint density at radius 2 is 1.93 bits per heavy atom. The van der Waals surface area contributed by atoms with Crippen LogP contribution in [-0.4, -0.2) is 37.1 Å².